The largest absolute Gasteiger partial charge is 0.350 e. The van der Waals surface area contributed by atoms with E-state index in [-0.39, 0.29) is 0 Å². The van der Waals surface area contributed by atoms with Gasteiger partial charge in [-0.05, 0) is 6.72 Å². The van der Waals surface area contributed by atoms with E-state index in [4.69, 9.17) is 0 Å². The Balaban J connectivity index is 3.20. The van der Waals surface area contributed by atoms with Gasteiger partial charge in [0.15, 0.2) is 0 Å². The van der Waals surface area contributed by atoms with Crippen LogP contribution in [-0.2, 0) is 0 Å². The lowest BCUT2D eigenvalue weighted by molar-refractivity contribution is 0.257. The minimum absolute atomic E-state index is 0.731. The lowest BCUT2D eigenvalue weighted by Crippen LogP contribution is -2.01. The molecule has 5 heavy (non-hydrogen) atoms. The lowest BCUT2D eigenvalue weighted by atomic mass is 11.1. The summed E-state index contributed by atoms with van der Waals surface area (Å²) < 4.78 is 0. The summed E-state index contributed by atoms with van der Waals surface area (Å²) in [4.78, 5) is 12.1. The fourth-order valence-electron chi connectivity index (χ4n) is 0. The van der Waals surface area contributed by atoms with E-state index in [1.165, 1.54) is 0 Å². The van der Waals surface area contributed by atoms with Crippen molar-refractivity contribution in [3.05, 3.63) is 0 Å². The quantitative estimate of drug-likeness (QED) is 0.395. The third kappa shape index (κ3) is 3.14. The Hall–Kier alpha value is -0.860. The molecule has 0 aliphatic heterocycles. The van der Waals surface area contributed by atoms with Gasteiger partial charge in [-0.2, -0.15) is 0 Å². The van der Waals surface area contributed by atoms with Gasteiger partial charge in [0.1, 0.15) is 0 Å². The molecule has 0 saturated carbocycles. The fraction of sp³-hybridized carbons (Fsp3) is 0. The van der Waals surface area contributed by atoms with Crippen LogP contribution in [0.4, 0.5) is 4.79 Å². The lowest BCUT2D eigenvalue weighted by Gasteiger charge is -1.66. The number of primary amides is 1. The smallest absolute Gasteiger partial charge is 0.337 e. The summed E-state index contributed by atoms with van der Waals surface area (Å²) in [5.41, 5.74) is 4.42. The topological polar surface area (TPSA) is 55.4 Å². The summed E-state index contributed by atoms with van der Waals surface area (Å²) in [6, 6.07) is -0.731. The number of nitrogens with zero attached hydrogens (tertiary/aromatic N) is 1. The Morgan fingerprint density at radius 3 is 2.20 bits per heavy atom. The van der Waals surface area contributed by atoms with E-state index in [0.29, 0.717) is 0 Å². The van der Waals surface area contributed by atoms with Crippen LogP contribution in [0.3, 0.4) is 0 Å². The molecule has 0 aromatic heterocycles. The number of carbonyl (C=O) groups is 1. The average molecular weight is 72.1 g/mol. The Morgan fingerprint density at radius 2 is 2.20 bits per heavy atom. The second kappa shape index (κ2) is 1.46. The molecule has 0 aromatic rings. The van der Waals surface area contributed by atoms with E-state index in [1.54, 1.807) is 0 Å². The molecular formula is C2H4N2O. The highest BCUT2D eigenvalue weighted by Crippen LogP contribution is 1.53. The predicted molar refractivity (Wildman–Crippen MR) is 19.1 cm³/mol. The van der Waals surface area contributed by atoms with E-state index in [1.807, 2.05) is 0 Å². The van der Waals surface area contributed by atoms with Crippen molar-refractivity contribution < 1.29 is 4.79 Å². The van der Waals surface area contributed by atoms with Gasteiger partial charge in [-0.25, -0.2) is 9.79 Å². The molecular weight excluding hydrogens is 68.0 g/mol. The number of hydrogen-bond donors (Lipinski definition) is 1. The zero-order valence-corrected chi connectivity index (χ0v) is 2.64. The number of hydrogen-bond acceptors (Lipinski definition) is 1. The Labute approximate surface area is 29.5 Å². The normalized spacial score (nSPS) is 6.40. The van der Waals surface area contributed by atoms with Crippen LogP contribution < -0.4 is 5.73 Å². The van der Waals surface area contributed by atoms with Crippen LogP contribution in [0.15, 0.2) is 4.99 Å². The zero-order valence-electron chi connectivity index (χ0n) is 2.64. The molecule has 0 aromatic carbocycles. The molecule has 3 nitrogen and oxygen atoms in total. The molecule has 0 saturated heterocycles. The fourth-order valence-corrected chi connectivity index (χ4v) is 0. The zero-order chi connectivity index (χ0) is 4.28. The summed E-state index contributed by atoms with van der Waals surface area (Å²) in [7, 11) is 0. The van der Waals surface area contributed by atoms with Crippen molar-refractivity contribution in [1.29, 1.82) is 0 Å². The first-order chi connectivity index (χ1) is 2.27. The summed E-state index contributed by atoms with van der Waals surface area (Å²) in [5.74, 6) is 0. The van der Waals surface area contributed by atoms with Gasteiger partial charge in [0.2, 0.25) is 0 Å². The van der Waals surface area contributed by atoms with E-state index < -0.39 is 6.03 Å². The van der Waals surface area contributed by atoms with Gasteiger partial charge < -0.3 is 5.73 Å². The molecule has 0 bridgehead atoms. The highest BCUT2D eigenvalue weighted by Gasteiger charge is 1.70. The molecule has 0 rings (SSSR count). The Morgan fingerprint density at radius 1 is 2.00 bits per heavy atom. The maximum atomic E-state index is 9.36. The van der Waals surface area contributed by atoms with Crippen molar-refractivity contribution in [2.45, 2.75) is 0 Å². The maximum Gasteiger partial charge on any atom is 0.337 e. The highest BCUT2D eigenvalue weighted by molar-refractivity contribution is 5.76. The van der Waals surface area contributed by atoms with E-state index in [0.717, 1.165) is 0 Å². The maximum absolute atomic E-state index is 9.36. The van der Waals surface area contributed by atoms with Gasteiger partial charge in [0.05, 0.1) is 0 Å². The van der Waals surface area contributed by atoms with Gasteiger partial charge >= 0.3 is 6.03 Å². The van der Waals surface area contributed by atoms with Crippen molar-refractivity contribution in [2.24, 2.45) is 10.7 Å². The molecule has 28 valence electrons. The second-order valence-corrected chi connectivity index (χ2v) is 0.496. The monoisotopic (exact) mass is 72.0 g/mol. The number of amides is 2. The van der Waals surface area contributed by atoms with Gasteiger partial charge in [-0.1, -0.05) is 0 Å². The van der Waals surface area contributed by atoms with Crippen LogP contribution >= 0.6 is 0 Å². The summed E-state index contributed by atoms with van der Waals surface area (Å²) in [5, 5.41) is 0. The Bertz CT molecular complexity index is 58.7. The number of urea groups is 1. The SMILES string of the molecule is C=NC(N)=O. The van der Waals surface area contributed by atoms with Gasteiger partial charge in [-0.3, -0.25) is 0 Å². The van der Waals surface area contributed by atoms with E-state index >= 15 is 0 Å². The molecule has 3 heteroatoms. The van der Waals surface area contributed by atoms with Crippen molar-refractivity contribution in [3.63, 3.8) is 0 Å². The molecule has 0 radical (unpaired) electrons. The van der Waals surface area contributed by atoms with Crippen molar-refractivity contribution >= 4 is 12.7 Å². The molecule has 0 unspecified atom stereocenters. The van der Waals surface area contributed by atoms with Crippen molar-refractivity contribution in [2.75, 3.05) is 0 Å². The van der Waals surface area contributed by atoms with Gasteiger partial charge in [0.25, 0.3) is 0 Å². The third-order valence-corrected chi connectivity index (χ3v) is 0.156. The standard InChI is InChI=1S/C2H4N2O/c1-4-2(3)5/h1H2,(H2,3,5). The van der Waals surface area contributed by atoms with Gasteiger partial charge in [-0.15, -0.1) is 0 Å². The first-order valence-electron chi connectivity index (χ1n) is 1.03. The van der Waals surface area contributed by atoms with Crippen LogP contribution in [0.5, 0.6) is 0 Å². The molecule has 0 spiro atoms. The molecule has 0 aliphatic carbocycles. The molecule has 0 fully saturated rings. The first kappa shape index (κ1) is 4.14. The average Bonchev–Trinajstić information content (AvgIpc) is 1.38. The number of aliphatic imine (C=N–C) groups is 1. The molecule has 2 N–H and O–H groups in total. The van der Waals surface area contributed by atoms with E-state index in [9.17, 15) is 4.79 Å². The first-order valence-corrected chi connectivity index (χ1v) is 1.03. The van der Waals surface area contributed by atoms with E-state index in [2.05, 4.69) is 17.4 Å². The minimum Gasteiger partial charge on any atom is -0.350 e. The van der Waals surface area contributed by atoms with Crippen LogP contribution in [0.25, 0.3) is 0 Å². The minimum atomic E-state index is -0.731. The summed E-state index contributed by atoms with van der Waals surface area (Å²) >= 11 is 0. The number of nitrogens with two attached hydrogens (primary N) is 1. The van der Waals surface area contributed by atoms with Crippen molar-refractivity contribution in [1.82, 2.24) is 0 Å². The molecule has 0 atom stereocenters. The second-order valence-electron chi connectivity index (χ2n) is 0.496. The van der Waals surface area contributed by atoms with Crippen LogP contribution in [-0.4, -0.2) is 12.7 Å². The van der Waals surface area contributed by atoms with Crippen molar-refractivity contribution in [3.8, 4) is 0 Å². The van der Waals surface area contributed by atoms with Crippen LogP contribution in [0, 0.1) is 0 Å². The van der Waals surface area contributed by atoms with Crippen LogP contribution in [0.2, 0.25) is 0 Å². The Kier molecular flexibility index (Phi) is 1.21. The van der Waals surface area contributed by atoms with Gasteiger partial charge in [0, 0.05) is 0 Å². The number of carbonyl (C=O) groups excluding carboxylic acids is 1. The highest BCUT2D eigenvalue weighted by atomic mass is 16.2. The third-order valence-electron chi connectivity index (χ3n) is 0.156. The number of rotatable bonds is 0. The summed E-state index contributed by atoms with van der Waals surface area (Å²) in [6.45, 7) is 2.84. The molecule has 2 amide bonds. The summed E-state index contributed by atoms with van der Waals surface area (Å²) in [6.07, 6.45) is 0. The molecule has 0 heterocycles. The molecule has 0 aliphatic rings. The predicted octanol–water partition coefficient (Wildman–Crippen LogP) is -0.234. The van der Waals surface area contributed by atoms with Crippen LogP contribution in [0.1, 0.15) is 0 Å².